The summed E-state index contributed by atoms with van der Waals surface area (Å²) in [4.78, 5) is 17.4. The van der Waals surface area contributed by atoms with Crippen LogP contribution < -0.4 is 10.6 Å². The van der Waals surface area contributed by atoms with E-state index in [-0.39, 0.29) is 22.9 Å². The molecule has 0 atom stereocenters. The Hall–Kier alpha value is -2.53. The van der Waals surface area contributed by atoms with Crippen LogP contribution in [0.2, 0.25) is 0 Å². The van der Waals surface area contributed by atoms with Crippen molar-refractivity contribution in [1.29, 1.82) is 0 Å². The third-order valence-corrected chi connectivity index (χ3v) is 3.99. The van der Waals surface area contributed by atoms with Crippen LogP contribution in [0.15, 0.2) is 12.3 Å². The van der Waals surface area contributed by atoms with Crippen LogP contribution in [-0.2, 0) is 16.5 Å². The Balaban J connectivity index is 2.18. The van der Waals surface area contributed by atoms with E-state index in [9.17, 15) is 18.3 Å². The molecule has 0 aliphatic carbocycles. The van der Waals surface area contributed by atoms with Gasteiger partial charge in [-0.05, 0) is 19.9 Å². The van der Waals surface area contributed by atoms with E-state index in [1.54, 1.807) is 4.90 Å². The summed E-state index contributed by atoms with van der Waals surface area (Å²) in [7, 11) is 0. The third-order valence-electron chi connectivity index (χ3n) is 3.99. The Morgan fingerprint density at radius 2 is 1.81 bits per heavy atom. The zero-order valence-corrected chi connectivity index (χ0v) is 14.8. The molecule has 1 aliphatic rings. The third kappa shape index (κ3) is 4.25. The number of rotatable bonds is 3. The van der Waals surface area contributed by atoms with E-state index in [0.717, 1.165) is 6.20 Å². The van der Waals surface area contributed by atoms with Crippen molar-refractivity contribution in [2.75, 3.05) is 36.9 Å². The van der Waals surface area contributed by atoms with Crippen LogP contribution in [0.1, 0.15) is 25.2 Å². The molecule has 8 nitrogen and oxygen atoms in total. The van der Waals surface area contributed by atoms with Gasteiger partial charge < -0.3 is 20.5 Å². The molecule has 2 aromatic rings. The smallest absolute Gasteiger partial charge is 0.384 e. The normalized spacial score (nSPS) is 15.9. The second kappa shape index (κ2) is 6.89. The topological polar surface area (TPSA) is 110 Å². The molecule has 3 rings (SSSR count). The van der Waals surface area contributed by atoms with E-state index in [4.69, 9.17) is 10.5 Å². The minimum Gasteiger partial charge on any atom is -0.384 e. The maximum Gasteiger partial charge on any atom is 0.434 e. The molecule has 0 spiro atoms. The molecule has 3 N–H and O–H groups in total. The maximum absolute atomic E-state index is 13.4. The van der Waals surface area contributed by atoms with Crippen LogP contribution in [0.5, 0.6) is 0 Å². The van der Waals surface area contributed by atoms with Crippen molar-refractivity contribution < 1.29 is 23.0 Å². The van der Waals surface area contributed by atoms with Gasteiger partial charge in [0.2, 0.25) is 11.9 Å². The summed E-state index contributed by atoms with van der Waals surface area (Å²) in [6.07, 6.45) is -3.77. The van der Waals surface area contributed by atoms with E-state index >= 15 is 0 Å². The van der Waals surface area contributed by atoms with Crippen LogP contribution in [0, 0.1) is 0 Å². The summed E-state index contributed by atoms with van der Waals surface area (Å²) < 4.78 is 45.6. The molecule has 146 valence electrons. The van der Waals surface area contributed by atoms with Crippen molar-refractivity contribution in [2.24, 2.45) is 0 Å². The van der Waals surface area contributed by atoms with Gasteiger partial charge in [-0.25, -0.2) is 19.9 Å². The lowest BCUT2D eigenvalue weighted by atomic mass is 10.0. The largest absolute Gasteiger partial charge is 0.434 e. The number of ether oxygens (including phenoxy) is 1. The van der Waals surface area contributed by atoms with E-state index < -0.39 is 23.4 Å². The molecule has 1 aliphatic heterocycles. The minimum atomic E-state index is -4.74. The number of alkyl halides is 3. The highest BCUT2D eigenvalue weighted by atomic mass is 19.4. The number of nitrogen functional groups attached to an aromatic ring is 1. The molecule has 2 aromatic heterocycles. The monoisotopic (exact) mass is 384 g/mol. The van der Waals surface area contributed by atoms with Gasteiger partial charge in [0, 0.05) is 24.8 Å². The lowest BCUT2D eigenvalue weighted by molar-refractivity contribution is -0.140. The van der Waals surface area contributed by atoms with Gasteiger partial charge >= 0.3 is 6.18 Å². The molecule has 1 saturated heterocycles. The molecule has 27 heavy (non-hydrogen) atoms. The maximum atomic E-state index is 13.4. The highest BCUT2D eigenvalue weighted by molar-refractivity contribution is 5.64. The average Bonchev–Trinajstić information content (AvgIpc) is 2.60. The fourth-order valence-electron chi connectivity index (χ4n) is 2.59. The number of hydrogen-bond acceptors (Lipinski definition) is 8. The molecule has 0 aromatic carbocycles. The zero-order chi connectivity index (χ0) is 19.8. The first-order chi connectivity index (χ1) is 12.6. The summed E-state index contributed by atoms with van der Waals surface area (Å²) in [5, 5.41) is 10.3. The molecule has 1 fully saturated rings. The van der Waals surface area contributed by atoms with Crippen molar-refractivity contribution in [3.05, 3.63) is 23.7 Å². The molecular weight excluding hydrogens is 365 g/mol. The predicted molar refractivity (Wildman–Crippen MR) is 90.7 cm³/mol. The Morgan fingerprint density at radius 1 is 1.15 bits per heavy atom. The van der Waals surface area contributed by atoms with Crippen LogP contribution >= 0.6 is 0 Å². The van der Waals surface area contributed by atoms with Gasteiger partial charge in [0.1, 0.15) is 5.60 Å². The first-order valence-electron chi connectivity index (χ1n) is 8.20. The highest BCUT2D eigenvalue weighted by Crippen LogP contribution is 2.36. The molecule has 0 radical (unpaired) electrons. The van der Waals surface area contributed by atoms with Crippen molar-refractivity contribution in [1.82, 2.24) is 19.9 Å². The second-order valence-corrected chi connectivity index (χ2v) is 6.59. The number of morpholine rings is 1. The standard InChI is InChI=1S/C16H19F3N6O2/c1-15(2,26)11-7-10(22-14(23-11)25-3-5-27-6-4-25)9-8-21-13(20)24-12(9)16(17,18)19/h7-8,26H,3-6H2,1-2H3,(H2,20,21,24). The average molecular weight is 384 g/mol. The molecule has 0 amide bonds. The zero-order valence-electron chi connectivity index (χ0n) is 14.8. The highest BCUT2D eigenvalue weighted by Gasteiger charge is 2.37. The van der Waals surface area contributed by atoms with Crippen molar-refractivity contribution in [3.63, 3.8) is 0 Å². The summed E-state index contributed by atoms with van der Waals surface area (Å²) in [6, 6.07) is 1.30. The summed E-state index contributed by atoms with van der Waals surface area (Å²) in [5.41, 5.74) is 2.56. The van der Waals surface area contributed by atoms with Crippen LogP contribution in [0.3, 0.4) is 0 Å². The lowest BCUT2D eigenvalue weighted by Crippen LogP contribution is -2.38. The minimum absolute atomic E-state index is 0.0454. The Bertz CT molecular complexity index is 832. The summed E-state index contributed by atoms with van der Waals surface area (Å²) >= 11 is 0. The number of aliphatic hydroxyl groups is 1. The van der Waals surface area contributed by atoms with Crippen LogP contribution in [-0.4, -0.2) is 51.3 Å². The van der Waals surface area contributed by atoms with Crippen molar-refractivity contribution in [2.45, 2.75) is 25.6 Å². The van der Waals surface area contributed by atoms with Crippen LogP contribution in [0.4, 0.5) is 25.1 Å². The van der Waals surface area contributed by atoms with E-state index in [1.165, 1.54) is 19.9 Å². The molecule has 11 heteroatoms. The van der Waals surface area contributed by atoms with Crippen molar-refractivity contribution in [3.8, 4) is 11.3 Å². The number of nitrogens with zero attached hydrogens (tertiary/aromatic N) is 5. The van der Waals surface area contributed by atoms with Crippen molar-refractivity contribution >= 4 is 11.9 Å². The second-order valence-electron chi connectivity index (χ2n) is 6.59. The van der Waals surface area contributed by atoms with Crippen LogP contribution in [0.25, 0.3) is 11.3 Å². The van der Waals surface area contributed by atoms with Gasteiger partial charge in [0.05, 0.1) is 24.6 Å². The van der Waals surface area contributed by atoms with Gasteiger partial charge in [-0.1, -0.05) is 0 Å². The van der Waals surface area contributed by atoms with E-state index in [1.807, 2.05) is 0 Å². The first-order valence-corrected chi connectivity index (χ1v) is 8.20. The lowest BCUT2D eigenvalue weighted by Gasteiger charge is -2.28. The first kappa shape index (κ1) is 19.2. The molecule has 0 saturated carbocycles. The number of anilines is 2. The quantitative estimate of drug-likeness (QED) is 0.821. The fourth-order valence-corrected chi connectivity index (χ4v) is 2.59. The van der Waals surface area contributed by atoms with E-state index in [0.29, 0.717) is 26.3 Å². The summed E-state index contributed by atoms with van der Waals surface area (Å²) in [5.74, 6) is -0.283. The molecular formula is C16H19F3N6O2. The Labute approximate surface area is 153 Å². The van der Waals surface area contributed by atoms with Gasteiger partial charge in [0.25, 0.3) is 0 Å². The Morgan fingerprint density at radius 3 is 2.41 bits per heavy atom. The molecule has 3 heterocycles. The summed E-state index contributed by atoms with van der Waals surface area (Å²) in [6.45, 7) is 4.85. The van der Waals surface area contributed by atoms with Gasteiger partial charge in [0.15, 0.2) is 5.69 Å². The number of halogens is 3. The number of nitrogens with two attached hydrogens (primary N) is 1. The van der Waals surface area contributed by atoms with Gasteiger partial charge in [-0.15, -0.1) is 0 Å². The Kier molecular flexibility index (Phi) is 4.91. The predicted octanol–water partition coefficient (Wildman–Crippen LogP) is 1.60. The molecule has 0 bridgehead atoms. The molecule has 0 unspecified atom stereocenters. The SMILES string of the molecule is CC(C)(O)c1cc(-c2cnc(N)nc2C(F)(F)F)nc(N2CCOCC2)n1. The van der Waals surface area contributed by atoms with Gasteiger partial charge in [-0.3, -0.25) is 0 Å². The number of hydrogen-bond donors (Lipinski definition) is 2. The van der Waals surface area contributed by atoms with E-state index in [2.05, 4.69) is 19.9 Å². The fraction of sp³-hybridized carbons (Fsp3) is 0.500. The number of aromatic nitrogens is 4. The van der Waals surface area contributed by atoms with Gasteiger partial charge in [-0.2, -0.15) is 13.2 Å².